The molecule has 0 aliphatic rings. The van der Waals surface area contributed by atoms with Gasteiger partial charge in [-0.2, -0.15) is 17.6 Å². The molecule has 15 heteroatoms. The average molecular weight is 767 g/mol. The monoisotopic (exact) mass is 765 g/mol. The van der Waals surface area contributed by atoms with Gasteiger partial charge in [-0.3, -0.25) is 4.79 Å². The fraction of sp³-hybridized carbons (Fsp3) is 0.581. The molecule has 0 heterocycles. The van der Waals surface area contributed by atoms with Gasteiger partial charge in [0, 0.05) is 31.6 Å². The van der Waals surface area contributed by atoms with E-state index in [9.17, 15) is 45.0 Å². The summed E-state index contributed by atoms with van der Waals surface area (Å²) in [5.74, 6) is -15.3. The van der Waals surface area contributed by atoms with E-state index in [0.29, 0.717) is 6.42 Å². The summed E-state index contributed by atoms with van der Waals surface area (Å²) in [7, 11) is 3.38. The van der Waals surface area contributed by atoms with Crippen LogP contribution in [0.25, 0.3) is 0 Å². The first-order valence-corrected chi connectivity index (χ1v) is 15.3. The minimum Gasteiger partial charge on any atom is -0.850 e. The van der Waals surface area contributed by atoms with Crippen LogP contribution in [0.15, 0.2) is 12.1 Å². The van der Waals surface area contributed by atoms with Crippen molar-refractivity contribution in [3.63, 3.8) is 0 Å². The summed E-state index contributed by atoms with van der Waals surface area (Å²) < 4.78 is 105. The molecule has 0 saturated carbocycles. The number of phenols is 1. The predicted octanol–water partition coefficient (Wildman–Crippen LogP) is 5.97. The van der Waals surface area contributed by atoms with Gasteiger partial charge in [-0.05, 0) is 12.8 Å². The van der Waals surface area contributed by atoms with Crippen molar-refractivity contribution in [1.82, 2.24) is 4.90 Å². The molecule has 0 atom stereocenters. The van der Waals surface area contributed by atoms with Gasteiger partial charge in [-0.25, -0.2) is 17.6 Å². The van der Waals surface area contributed by atoms with Crippen LogP contribution >= 0.6 is 15.9 Å². The number of nitrogens with zero attached hydrogens (tertiary/aromatic N) is 1. The van der Waals surface area contributed by atoms with Gasteiger partial charge >= 0.3 is 51.4 Å². The Labute approximate surface area is 318 Å². The van der Waals surface area contributed by atoms with Crippen LogP contribution in [-0.2, 0) is 4.79 Å². The van der Waals surface area contributed by atoms with Gasteiger partial charge in [-0.1, -0.05) is 89.1 Å². The maximum absolute atomic E-state index is 13.1. The molecule has 2 rings (SSSR count). The Balaban J connectivity index is -0.000000262. The van der Waals surface area contributed by atoms with E-state index in [2.05, 4.69) is 22.9 Å². The van der Waals surface area contributed by atoms with Gasteiger partial charge in [0.15, 0.2) is 34.8 Å². The Morgan fingerprint density at radius 1 is 0.761 bits per heavy atom. The van der Waals surface area contributed by atoms with E-state index in [0.717, 1.165) is 25.7 Å². The topological polar surface area (TPSA) is 72.8 Å². The number of amides is 1. The summed E-state index contributed by atoms with van der Waals surface area (Å²) in [6.45, 7) is 9.18. The first-order chi connectivity index (χ1) is 20.8. The number of hydrogen-bond donors (Lipinski definition) is 1. The number of ether oxygens (including phenoxy) is 1. The van der Waals surface area contributed by atoms with Gasteiger partial charge in [0.05, 0.1) is 6.61 Å². The van der Waals surface area contributed by atoms with E-state index < -0.39 is 63.6 Å². The maximum atomic E-state index is 13.1. The van der Waals surface area contributed by atoms with Crippen molar-refractivity contribution < 1.29 is 106 Å². The van der Waals surface area contributed by atoms with Gasteiger partial charge in [0.2, 0.25) is 29.7 Å². The molecule has 0 unspecified atom stereocenters. The summed E-state index contributed by atoms with van der Waals surface area (Å²) in [5, 5.41) is 19.6. The van der Waals surface area contributed by atoms with Crippen LogP contribution in [0.2, 0.25) is 0 Å². The first-order valence-electron chi connectivity index (χ1n) is 14.2. The third kappa shape index (κ3) is 28.1. The van der Waals surface area contributed by atoms with Gasteiger partial charge in [-0.15, -0.1) is 5.60 Å². The summed E-state index contributed by atoms with van der Waals surface area (Å²) in [6.07, 6.45) is 9.64. The van der Waals surface area contributed by atoms with Crippen LogP contribution < -0.4 is 61.2 Å². The third-order valence-corrected chi connectivity index (χ3v) is 5.16. The van der Waals surface area contributed by atoms with Crippen molar-refractivity contribution in [2.45, 2.75) is 91.6 Å². The Bertz CT molecular complexity index is 1030. The van der Waals surface area contributed by atoms with E-state index in [1.165, 1.54) is 35.9 Å². The quantitative estimate of drug-likeness (QED) is 0.0766. The molecule has 0 spiro atoms. The standard InChI is InChI=1S/C12H14F4O.C6H13Br.C6H2F4O.C4H9O.C3H7NO.K/c1-2-3-4-5-6-17-12-10(15)8(13)7-9(14)11(12)16;1-2-3-4-5-6-7;7-2-1-3(8)5(10)6(11)4(2)9;1-4(2,3)5;1-4(2)3-5;/h7H,2-6H2,1H3;2-6H2,1H3;1,11H;1-3H3;3H,1-2H3;/q;;;-1;;+1. The van der Waals surface area contributed by atoms with Crippen LogP contribution in [0, 0.1) is 46.5 Å². The summed E-state index contributed by atoms with van der Waals surface area (Å²) in [6, 6.07) is 0.180. The molecule has 1 amide bonds. The molecule has 2 aromatic rings. The number of rotatable bonds is 11. The van der Waals surface area contributed by atoms with E-state index in [-0.39, 0.29) is 70.1 Å². The number of alkyl halides is 1. The summed E-state index contributed by atoms with van der Waals surface area (Å²) >= 11 is 3.38. The van der Waals surface area contributed by atoms with Crippen molar-refractivity contribution >= 4 is 22.3 Å². The van der Waals surface area contributed by atoms with E-state index in [1.807, 2.05) is 6.92 Å². The molecule has 0 aliphatic heterocycles. The van der Waals surface area contributed by atoms with Crippen LogP contribution in [0.4, 0.5) is 35.1 Å². The molecular weight excluding hydrogens is 721 g/mol. The minimum absolute atomic E-state index is 0. The molecule has 0 saturated heterocycles. The minimum atomic E-state index is -1.79. The number of aromatic hydroxyl groups is 1. The fourth-order valence-corrected chi connectivity index (χ4v) is 2.86. The number of carbonyl (C=O) groups excluding carboxylic acids is 1. The molecule has 0 aromatic heterocycles. The van der Waals surface area contributed by atoms with E-state index in [4.69, 9.17) is 9.84 Å². The number of benzene rings is 2. The Morgan fingerprint density at radius 3 is 1.39 bits per heavy atom. The molecular formula is C31H45BrF8KNO4. The zero-order valence-electron chi connectivity index (χ0n) is 27.8. The first kappa shape index (κ1) is 51.9. The van der Waals surface area contributed by atoms with Crippen molar-refractivity contribution in [2.75, 3.05) is 26.0 Å². The Hall–Kier alpha value is -0.974. The SMILES string of the molecule is CC(C)(C)[O-].CCCCCCBr.CCCCCCOc1c(F)c(F)cc(F)c1F.CN(C)C=O.Oc1c(F)c(F)cc(F)c1F.[K+]. The summed E-state index contributed by atoms with van der Waals surface area (Å²) in [4.78, 5) is 10.9. The van der Waals surface area contributed by atoms with Gasteiger partial charge in [0.25, 0.3) is 0 Å². The van der Waals surface area contributed by atoms with Crippen LogP contribution in [0.3, 0.4) is 0 Å². The normalized spacial score (nSPS) is 9.85. The van der Waals surface area contributed by atoms with Crippen molar-refractivity contribution in [2.24, 2.45) is 0 Å². The van der Waals surface area contributed by atoms with Crippen LogP contribution in [-0.4, -0.2) is 48.0 Å². The molecule has 0 fully saturated rings. The van der Waals surface area contributed by atoms with Crippen LogP contribution in [0.1, 0.15) is 86.0 Å². The number of hydrogen-bond acceptors (Lipinski definition) is 4. The van der Waals surface area contributed by atoms with Gasteiger partial charge in [0.1, 0.15) is 0 Å². The van der Waals surface area contributed by atoms with Crippen molar-refractivity contribution in [3.8, 4) is 11.5 Å². The number of unbranched alkanes of at least 4 members (excludes halogenated alkanes) is 6. The molecule has 0 aliphatic carbocycles. The Morgan fingerprint density at radius 2 is 1.09 bits per heavy atom. The van der Waals surface area contributed by atoms with Crippen molar-refractivity contribution in [3.05, 3.63) is 58.7 Å². The van der Waals surface area contributed by atoms with E-state index >= 15 is 0 Å². The molecule has 2 aromatic carbocycles. The maximum Gasteiger partial charge on any atom is 1.00 e. The van der Waals surface area contributed by atoms with Crippen LogP contribution in [0.5, 0.6) is 11.5 Å². The molecule has 5 nitrogen and oxygen atoms in total. The van der Waals surface area contributed by atoms with Crippen molar-refractivity contribution in [1.29, 1.82) is 0 Å². The zero-order chi connectivity index (χ0) is 35.8. The van der Waals surface area contributed by atoms with E-state index in [1.54, 1.807) is 34.9 Å². The number of carbonyl (C=O) groups is 1. The molecule has 1 N–H and O–H groups in total. The molecule has 46 heavy (non-hydrogen) atoms. The van der Waals surface area contributed by atoms with Gasteiger partial charge < -0.3 is 19.8 Å². The second-order valence-electron chi connectivity index (χ2n) is 10.5. The second-order valence-corrected chi connectivity index (χ2v) is 11.2. The molecule has 262 valence electrons. The third-order valence-electron chi connectivity index (χ3n) is 4.60. The Kier molecular flexibility index (Phi) is 33.9. The zero-order valence-corrected chi connectivity index (χ0v) is 32.5. The largest absolute Gasteiger partial charge is 1.00 e. The number of phenolic OH excluding ortho intramolecular Hbond substituents is 1. The average Bonchev–Trinajstić information content (AvgIpc) is 2.96. The molecule has 0 bridgehead atoms. The predicted molar refractivity (Wildman–Crippen MR) is 161 cm³/mol. The number of halogens is 9. The second kappa shape index (κ2) is 30.1. The smallest absolute Gasteiger partial charge is 0.850 e. The molecule has 0 radical (unpaired) electrons. The fourth-order valence-electron chi connectivity index (χ4n) is 2.46. The summed E-state index contributed by atoms with van der Waals surface area (Å²) in [5.41, 5.74) is -0.750.